The molecule has 1 unspecified atom stereocenters. The molecule has 1 aromatic rings. The molecule has 1 aromatic carbocycles. The molecule has 1 amide bonds. The summed E-state index contributed by atoms with van der Waals surface area (Å²) in [7, 11) is 0. The molecule has 0 aliphatic heterocycles. The summed E-state index contributed by atoms with van der Waals surface area (Å²) in [4.78, 5) is 11.9. The van der Waals surface area contributed by atoms with Crippen LogP contribution in [0.5, 0.6) is 5.75 Å². The fraction of sp³-hybridized carbons (Fsp3) is 0.462. The van der Waals surface area contributed by atoms with Crippen LogP contribution in [0.15, 0.2) is 18.2 Å². The predicted molar refractivity (Wildman–Crippen MR) is 85.1 cm³/mol. The standard InChI is InChI=1S/C13H18Cl2N2O2.ClH/c1-8(12(18)17-13(2,3)7-16)19-9-4-5-10(14)11(15)6-9;/h4-6,8H,7,16H2,1-3H3,(H,17,18);1H. The Balaban J connectivity index is 0.00000361. The van der Waals surface area contributed by atoms with Crippen molar-refractivity contribution in [3.63, 3.8) is 0 Å². The lowest BCUT2D eigenvalue weighted by atomic mass is 10.1. The van der Waals surface area contributed by atoms with Crippen molar-refractivity contribution in [2.24, 2.45) is 5.73 Å². The number of nitrogens with two attached hydrogens (primary N) is 1. The molecule has 0 heterocycles. The van der Waals surface area contributed by atoms with Gasteiger partial charge < -0.3 is 15.8 Å². The SMILES string of the molecule is CC(Oc1ccc(Cl)c(Cl)c1)C(=O)NC(C)(C)CN.Cl. The molecule has 7 heteroatoms. The summed E-state index contributed by atoms with van der Waals surface area (Å²) in [6.07, 6.45) is -0.650. The highest BCUT2D eigenvalue weighted by Gasteiger charge is 2.23. The van der Waals surface area contributed by atoms with Crippen LogP contribution in [0.3, 0.4) is 0 Å². The first-order chi connectivity index (χ1) is 8.75. The Bertz CT molecular complexity index is 467. The molecule has 0 aromatic heterocycles. The molecule has 114 valence electrons. The van der Waals surface area contributed by atoms with E-state index in [1.54, 1.807) is 25.1 Å². The number of carbonyl (C=O) groups excluding carboxylic acids is 1. The van der Waals surface area contributed by atoms with Crippen molar-refractivity contribution < 1.29 is 9.53 Å². The maximum atomic E-state index is 11.9. The number of rotatable bonds is 5. The maximum absolute atomic E-state index is 11.9. The van der Waals surface area contributed by atoms with Crippen LogP contribution in [0.4, 0.5) is 0 Å². The maximum Gasteiger partial charge on any atom is 0.261 e. The third-order valence-electron chi connectivity index (χ3n) is 2.55. The normalized spacial score (nSPS) is 12.3. The van der Waals surface area contributed by atoms with Crippen LogP contribution in [0.25, 0.3) is 0 Å². The minimum atomic E-state index is -0.650. The molecule has 0 spiro atoms. The number of amides is 1. The van der Waals surface area contributed by atoms with Crippen molar-refractivity contribution in [1.29, 1.82) is 0 Å². The van der Waals surface area contributed by atoms with Gasteiger partial charge in [0.25, 0.3) is 5.91 Å². The highest BCUT2D eigenvalue weighted by Crippen LogP contribution is 2.26. The molecule has 0 saturated heterocycles. The van der Waals surface area contributed by atoms with Gasteiger partial charge in [-0.3, -0.25) is 4.79 Å². The first kappa shape index (κ1) is 19.3. The van der Waals surface area contributed by atoms with Gasteiger partial charge in [0.1, 0.15) is 5.75 Å². The Morgan fingerprint density at radius 3 is 2.50 bits per heavy atom. The number of benzene rings is 1. The molecule has 1 atom stereocenters. The second kappa shape index (κ2) is 7.93. The molecule has 0 radical (unpaired) electrons. The summed E-state index contributed by atoms with van der Waals surface area (Å²) in [5.74, 6) is 0.254. The first-order valence-electron chi connectivity index (χ1n) is 5.89. The van der Waals surface area contributed by atoms with Crippen molar-refractivity contribution in [3.8, 4) is 5.75 Å². The van der Waals surface area contributed by atoms with E-state index in [4.69, 9.17) is 33.7 Å². The summed E-state index contributed by atoms with van der Waals surface area (Å²) >= 11 is 11.7. The summed E-state index contributed by atoms with van der Waals surface area (Å²) in [5, 5.41) is 3.63. The molecular formula is C13H19Cl3N2O2. The van der Waals surface area contributed by atoms with E-state index in [1.807, 2.05) is 13.8 Å². The number of hydrogen-bond acceptors (Lipinski definition) is 3. The highest BCUT2D eigenvalue weighted by atomic mass is 35.5. The molecule has 0 aliphatic carbocycles. The van der Waals surface area contributed by atoms with E-state index in [9.17, 15) is 4.79 Å². The van der Waals surface area contributed by atoms with Crippen molar-refractivity contribution in [2.75, 3.05) is 6.54 Å². The van der Waals surface area contributed by atoms with Gasteiger partial charge in [0.2, 0.25) is 0 Å². The van der Waals surface area contributed by atoms with E-state index in [0.717, 1.165) is 0 Å². The van der Waals surface area contributed by atoms with E-state index in [1.165, 1.54) is 0 Å². The fourth-order valence-corrected chi connectivity index (χ4v) is 1.58. The van der Waals surface area contributed by atoms with Gasteiger partial charge >= 0.3 is 0 Å². The molecule has 0 fully saturated rings. The molecule has 0 saturated carbocycles. The van der Waals surface area contributed by atoms with Gasteiger partial charge in [-0.05, 0) is 32.9 Å². The summed E-state index contributed by atoms with van der Waals surface area (Å²) in [6.45, 7) is 5.69. The zero-order chi connectivity index (χ0) is 14.6. The third kappa shape index (κ3) is 5.75. The second-order valence-electron chi connectivity index (χ2n) is 4.91. The first-order valence-corrected chi connectivity index (χ1v) is 6.64. The molecule has 0 aliphatic rings. The highest BCUT2D eigenvalue weighted by molar-refractivity contribution is 6.42. The van der Waals surface area contributed by atoms with E-state index < -0.39 is 11.6 Å². The monoisotopic (exact) mass is 340 g/mol. The molecule has 20 heavy (non-hydrogen) atoms. The smallest absolute Gasteiger partial charge is 0.261 e. The van der Waals surface area contributed by atoms with Gasteiger partial charge in [-0.1, -0.05) is 23.2 Å². The van der Waals surface area contributed by atoms with Crippen LogP contribution in [0, 0.1) is 0 Å². The van der Waals surface area contributed by atoms with E-state index in [0.29, 0.717) is 22.3 Å². The predicted octanol–water partition coefficient (Wildman–Crippen LogP) is 3.04. The number of carbonyl (C=O) groups is 1. The van der Waals surface area contributed by atoms with Crippen LogP contribution < -0.4 is 15.8 Å². The minimum absolute atomic E-state index is 0. The summed E-state index contributed by atoms with van der Waals surface area (Å²) < 4.78 is 5.51. The van der Waals surface area contributed by atoms with Crippen LogP contribution in [0.2, 0.25) is 10.0 Å². The molecule has 4 nitrogen and oxygen atoms in total. The van der Waals surface area contributed by atoms with Crippen LogP contribution >= 0.6 is 35.6 Å². The molecule has 1 rings (SSSR count). The fourth-order valence-electron chi connectivity index (χ4n) is 1.29. The lowest BCUT2D eigenvalue weighted by Gasteiger charge is -2.26. The van der Waals surface area contributed by atoms with E-state index in [-0.39, 0.29) is 18.3 Å². The quantitative estimate of drug-likeness (QED) is 0.865. The number of hydrogen-bond donors (Lipinski definition) is 2. The lowest BCUT2D eigenvalue weighted by molar-refractivity contribution is -0.128. The van der Waals surface area contributed by atoms with Gasteiger partial charge in [0.15, 0.2) is 6.10 Å². The van der Waals surface area contributed by atoms with Crippen molar-refractivity contribution in [1.82, 2.24) is 5.32 Å². The molecule has 3 N–H and O–H groups in total. The van der Waals surface area contributed by atoms with Gasteiger partial charge in [-0.15, -0.1) is 12.4 Å². The summed E-state index contributed by atoms with van der Waals surface area (Å²) in [6, 6.07) is 4.85. The topological polar surface area (TPSA) is 64.3 Å². The van der Waals surface area contributed by atoms with Gasteiger partial charge in [0.05, 0.1) is 10.0 Å². The minimum Gasteiger partial charge on any atom is -0.481 e. The second-order valence-corrected chi connectivity index (χ2v) is 5.73. The average Bonchev–Trinajstić information content (AvgIpc) is 2.33. The van der Waals surface area contributed by atoms with Crippen molar-refractivity contribution in [3.05, 3.63) is 28.2 Å². The van der Waals surface area contributed by atoms with E-state index >= 15 is 0 Å². The van der Waals surface area contributed by atoms with Gasteiger partial charge in [-0.2, -0.15) is 0 Å². The lowest BCUT2D eigenvalue weighted by Crippen LogP contribution is -2.52. The Labute approximate surface area is 135 Å². The zero-order valence-corrected chi connectivity index (χ0v) is 13.9. The largest absolute Gasteiger partial charge is 0.481 e. The number of nitrogens with one attached hydrogen (secondary N) is 1. The van der Waals surface area contributed by atoms with Gasteiger partial charge in [-0.25, -0.2) is 0 Å². The van der Waals surface area contributed by atoms with Gasteiger partial charge in [0, 0.05) is 18.2 Å². The van der Waals surface area contributed by atoms with E-state index in [2.05, 4.69) is 5.32 Å². The zero-order valence-electron chi connectivity index (χ0n) is 11.6. The van der Waals surface area contributed by atoms with Crippen LogP contribution in [-0.4, -0.2) is 24.1 Å². The summed E-state index contributed by atoms with van der Waals surface area (Å²) in [5.41, 5.74) is 5.09. The van der Waals surface area contributed by atoms with Crippen molar-refractivity contribution >= 4 is 41.5 Å². The Morgan fingerprint density at radius 2 is 2.00 bits per heavy atom. The van der Waals surface area contributed by atoms with Crippen LogP contribution in [0.1, 0.15) is 20.8 Å². The van der Waals surface area contributed by atoms with Crippen molar-refractivity contribution in [2.45, 2.75) is 32.4 Å². The van der Waals surface area contributed by atoms with Crippen LogP contribution in [-0.2, 0) is 4.79 Å². The Hall–Kier alpha value is -0.680. The Kier molecular flexibility index (Phi) is 7.66. The number of halogens is 3. The Morgan fingerprint density at radius 1 is 1.40 bits per heavy atom. The average molecular weight is 342 g/mol. The molecular weight excluding hydrogens is 323 g/mol. The number of ether oxygens (including phenoxy) is 1. The third-order valence-corrected chi connectivity index (χ3v) is 3.28. The molecule has 0 bridgehead atoms.